The number of carbonyl (C=O) groups excluding carboxylic acids is 3. The Balaban J connectivity index is 2.15. The van der Waals surface area contributed by atoms with Gasteiger partial charge in [-0.25, -0.2) is 9.69 Å². The monoisotopic (exact) mass is 279 g/mol. The van der Waals surface area contributed by atoms with Gasteiger partial charge < -0.3 is 4.74 Å². The summed E-state index contributed by atoms with van der Waals surface area (Å²) in [6.45, 7) is 6.67. The van der Waals surface area contributed by atoms with Gasteiger partial charge in [-0.2, -0.15) is 0 Å². The van der Waals surface area contributed by atoms with Gasteiger partial charge in [0.1, 0.15) is 0 Å². The Hall–Kier alpha value is -1.65. The van der Waals surface area contributed by atoms with Crippen molar-refractivity contribution in [3.8, 4) is 0 Å². The Morgan fingerprint density at radius 2 is 2.15 bits per heavy atom. The third-order valence-corrected chi connectivity index (χ3v) is 4.57. The molecule has 1 saturated heterocycles. The minimum atomic E-state index is -0.578. The van der Waals surface area contributed by atoms with Crippen LogP contribution in [0.4, 0.5) is 0 Å². The van der Waals surface area contributed by atoms with Gasteiger partial charge in [-0.05, 0) is 26.2 Å². The average Bonchev–Trinajstić information content (AvgIpc) is 2.66. The number of fused-ring (bicyclic) bond motifs is 1. The first-order valence-corrected chi connectivity index (χ1v) is 7.12. The summed E-state index contributed by atoms with van der Waals surface area (Å²) in [7, 11) is 0. The molecule has 0 aromatic heterocycles. The first kappa shape index (κ1) is 14.8. The lowest BCUT2D eigenvalue weighted by atomic mass is 9.66. The second-order valence-corrected chi connectivity index (χ2v) is 5.72. The number of amides is 2. The minimum absolute atomic E-state index is 0.177. The Morgan fingerprint density at radius 3 is 2.70 bits per heavy atom. The molecule has 2 aliphatic rings. The average molecular weight is 279 g/mol. The molecule has 1 aliphatic heterocycles. The van der Waals surface area contributed by atoms with Gasteiger partial charge in [0.15, 0.2) is 6.73 Å². The molecule has 0 N–H and O–H groups in total. The summed E-state index contributed by atoms with van der Waals surface area (Å²) >= 11 is 0. The number of hydrogen-bond acceptors (Lipinski definition) is 4. The fraction of sp³-hybridized carbons (Fsp3) is 0.667. The number of likely N-dealkylation sites (tertiary alicyclic amines) is 1. The molecule has 0 aromatic carbocycles. The maximum Gasteiger partial charge on any atom is 0.334 e. The SMILES string of the molecule is C=C(C)C(=O)OCN1C(=O)C2CCCCC2(CC)C1=O. The lowest BCUT2D eigenvalue weighted by Crippen LogP contribution is -2.38. The van der Waals surface area contributed by atoms with Crippen LogP contribution in [0.15, 0.2) is 12.2 Å². The summed E-state index contributed by atoms with van der Waals surface area (Å²) in [5, 5.41) is 0. The van der Waals surface area contributed by atoms with Crippen LogP contribution >= 0.6 is 0 Å². The highest BCUT2D eigenvalue weighted by Gasteiger charge is 2.58. The number of imide groups is 1. The van der Waals surface area contributed by atoms with E-state index >= 15 is 0 Å². The molecule has 5 heteroatoms. The smallest absolute Gasteiger partial charge is 0.334 e. The molecule has 0 radical (unpaired) electrons. The molecule has 20 heavy (non-hydrogen) atoms. The molecule has 1 aliphatic carbocycles. The Labute approximate surface area is 119 Å². The van der Waals surface area contributed by atoms with Crippen LogP contribution in [0.25, 0.3) is 0 Å². The van der Waals surface area contributed by atoms with Crippen LogP contribution in [-0.4, -0.2) is 29.4 Å². The van der Waals surface area contributed by atoms with E-state index in [1.807, 2.05) is 6.92 Å². The first-order valence-electron chi connectivity index (χ1n) is 7.12. The second kappa shape index (κ2) is 5.38. The summed E-state index contributed by atoms with van der Waals surface area (Å²) in [5.74, 6) is -1.18. The van der Waals surface area contributed by atoms with Crippen LogP contribution in [0.5, 0.6) is 0 Å². The van der Waals surface area contributed by atoms with Gasteiger partial charge in [0.25, 0.3) is 0 Å². The van der Waals surface area contributed by atoms with Crippen molar-refractivity contribution in [1.82, 2.24) is 4.90 Å². The Morgan fingerprint density at radius 1 is 1.45 bits per heavy atom. The summed E-state index contributed by atoms with van der Waals surface area (Å²) in [5.41, 5.74) is -0.308. The van der Waals surface area contributed by atoms with Crippen LogP contribution in [0.2, 0.25) is 0 Å². The van der Waals surface area contributed by atoms with E-state index in [1.54, 1.807) is 0 Å². The standard InChI is InChI=1S/C15H21NO4/c1-4-15-8-6-5-7-11(15)12(17)16(14(15)19)9-20-13(18)10(2)3/h11H,2,4-9H2,1,3H3. The van der Waals surface area contributed by atoms with Crippen molar-refractivity contribution in [2.45, 2.75) is 46.0 Å². The number of ether oxygens (including phenoxy) is 1. The molecule has 0 aromatic rings. The molecule has 2 rings (SSSR count). The Bertz CT molecular complexity index is 470. The second-order valence-electron chi connectivity index (χ2n) is 5.72. The topological polar surface area (TPSA) is 63.7 Å². The summed E-state index contributed by atoms with van der Waals surface area (Å²) in [6.07, 6.45) is 4.12. The fourth-order valence-electron chi connectivity index (χ4n) is 3.36. The van der Waals surface area contributed by atoms with E-state index in [0.717, 1.165) is 30.6 Å². The molecule has 5 nitrogen and oxygen atoms in total. The van der Waals surface area contributed by atoms with E-state index in [-0.39, 0.29) is 30.0 Å². The predicted molar refractivity (Wildman–Crippen MR) is 72.3 cm³/mol. The molecular formula is C15H21NO4. The molecule has 2 unspecified atom stereocenters. The summed E-state index contributed by atoms with van der Waals surface area (Å²) in [4.78, 5) is 37.5. The van der Waals surface area contributed by atoms with Crippen LogP contribution in [0.3, 0.4) is 0 Å². The molecule has 2 fully saturated rings. The maximum absolute atomic E-state index is 12.6. The highest BCUT2D eigenvalue weighted by atomic mass is 16.5. The summed E-state index contributed by atoms with van der Waals surface area (Å²) < 4.78 is 4.97. The van der Waals surface area contributed by atoms with Gasteiger partial charge in [-0.15, -0.1) is 0 Å². The first-order chi connectivity index (χ1) is 9.44. The molecule has 0 spiro atoms. The van der Waals surface area contributed by atoms with Crippen molar-refractivity contribution in [1.29, 1.82) is 0 Å². The highest BCUT2D eigenvalue weighted by Crippen LogP contribution is 2.50. The lowest BCUT2D eigenvalue weighted by molar-refractivity contribution is -0.154. The van der Waals surface area contributed by atoms with Crippen molar-refractivity contribution >= 4 is 17.8 Å². The van der Waals surface area contributed by atoms with Crippen LogP contribution in [0.1, 0.15) is 46.0 Å². The zero-order valence-corrected chi connectivity index (χ0v) is 12.1. The van der Waals surface area contributed by atoms with Gasteiger partial charge in [0, 0.05) is 5.57 Å². The largest absolute Gasteiger partial charge is 0.440 e. The van der Waals surface area contributed by atoms with Crippen LogP contribution < -0.4 is 0 Å². The van der Waals surface area contributed by atoms with Crippen LogP contribution in [-0.2, 0) is 19.1 Å². The lowest BCUT2D eigenvalue weighted by Gasteiger charge is -2.34. The van der Waals surface area contributed by atoms with Crippen molar-refractivity contribution in [2.24, 2.45) is 11.3 Å². The van der Waals surface area contributed by atoms with Gasteiger partial charge in [-0.1, -0.05) is 26.3 Å². The number of carbonyl (C=O) groups is 3. The molecule has 2 atom stereocenters. The quantitative estimate of drug-likeness (QED) is 0.448. The highest BCUT2D eigenvalue weighted by molar-refractivity contribution is 6.07. The number of rotatable bonds is 4. The van der Waals surface area contributed by atoms with Gasteiger partial charge >= 0.3 is 5.97 Å². The van der Waals surface area contributed by atoms with Crippen molar-refractivity contribution in [3.63, 3.8) is 0 Å². The third kappa shape index (κ3) is 2.15. The molecular weight excluding hydrogens is 258 g/mol. The zero-order chi connectivity index (χ0) is 14.9. The number of esters is 1. The van der Waals surface area contributed by atoms with Gasteiger partial charge in [0.2, 0.25) is 11.8 Å². The van der Waals surface area contributed by atoms with E-state index in [4.69, 9.17) is 4.74 Å². The molecule has 0 bridgehead atoms. The number of hydrogen-bond donors (Lipinski definition) is 0. The van der Waals surface area contributed by atoms with E-state index in [9.17, 15) is 14.4 Å². The maximum atomic E-state index is 12.6. The van der Waals surface area contributed by atoms with Crippen molar-refractivity contribution in [3.05, 3.63) is 12.2 Å². The van der Waals surface area contributed by atoms with E-state index in [1.165, 1.54) is 6.92 Å². The zero-order valence-electron chi connectivity index (χ0n) is 12.1. The van der Waals surface area contributed by atoms with E-state index in [2.05, 4.69) is 6.58 Å². The van der Waals surface area contributed by atoms with E-state index in [0.29, 0.717) is 6.42 Å². The third-order valence-electron chi connectivity index (χ3n) is 4.57. The number of nitrogens with zero attached hydrogens (tertiary/aromatic N) is 1. The van der Waals surface area contributed by atoms with E-state index < -0.39 is 11.4 Å². The molecule has 1 saturated carbocycles. The summed E-state index contributed by atoms with van der Waals surface area (Å²) in [6, 6.07) is 0. The van der Waals surface area contributed by atoms with Gasteiger partial charge in [-0.3, -0.25) is 9.59 Å². The molecule has 2 amide bonds. The van der Waals surface area contributed by atoms with Crippen molar-refractivity contribution < 1.29 is 19.1 Å². The predicted octanol–water partition coefficient (Wildman–Crippen LogP) is 2.02. The van der Waals surface area contributed by atoms with Gasteiger partial charge in [0.05, 0.1) is 11.3 Å². The van der Waals surface area contributed by atoms with Crippen LogP contribution in [0, 0.1) is 11.3 Å². The molecule has 1 heterocycles. The van der Waals surface area contributed by atoms with Crippen molar-refractivity contribution in [2.75, 3.05) is 6.73 Å². The normalized spacial score (nSPS) is 29.3. The Kier molecular flexibility index (Phi) is 3.97. The fourth-order valence-corrected chi connectivity index (χ4v) is 3.36. The minimum Gasteiger partial charge on any atom is -0.440 e. The molecule has 110 valence electrons.